The van der Waals surface area contributed by atoms with Crippen LogP contribution in [0.2, 0.25) is 0 Å². The van der Waals surface area contributed by atoms with Gasteiger partial charge in [0.05, 0.1) is 11.5 Å². The van der Waals surface area contributed by atoms with Gasteiger partial charge in [0.1, 0.15) is 0 Å². The van der Waals surface area contributed by atoms with E-state index in [0.29, 0.717) is 18.1 Å². The van der Waals surface area contributed by atoms with Crippen molar-refractivity contribution in [2.45, 2.75) is 24.9 Å². The number of fused-ring (bicyclic) bond motifs is 1. The molecule has 1 aromatic rings. The number of hydrogen-bond acceptors (Lipinski definition) is 4. The second kappa shape index (κ2) is 4.89. The molecule has 2 aliphatic rings. The van der Waals surface area contributed by atoms with Gasteiger partial charge in [0.2, 0.25) is 0 Å². The molecule has 104 valence electrons. The molecule has 1 aromatic carbocycles. The number of benzene rings is 1. The van der Waals surface area contributed by atoms with Crippen LogP contribution in [0.1, 0.15) is 23.6 Å². The van der Waals surface area contributed by atoms with E-state index >= 15 is 0 Å². The fourth-order valence-corrected chi connectivity index (χ4v) is 5.15. The second-order valence-electron chi connectivity index (χ2n) is 5.49. The Morgan fingerprint density at radius 2 is 2.11 bits per heavy atom. The molecule has 0 bridgehead atoms. The highest BCUT2D eigenvalue weighted by atomic mass is 32.2. The van der Waals surface area contributed by atoms with Crippen molar-refractivity contribution in [3.05, 3.63) is 35.4 Å². The predicted molar refractivity (Wildman–Crippen MR) is 75.7 cm³/mol. The number of hydrogen-bond donors (Lipinski definition) is 1. The zero-order valence-corrected chi connectivity index (χ0v) is 11.8. The Bertz CT molecular complexity index is 571. The van der Waals surface area contributed by atoms with Crippen molar-refractivity contribution in [2.75, 3.05) is 24.6 Å². The standard InChI is InChI=1S/C14H20N2O2S/c15-9-14-13-4-2-1-3-11(13)5-7-16(14)12-6-8-19(17,18)10-12/h1-4,12,14H,5-10,15H2. The monoisotopic (exact) mass is 280 g/mol. The fraction of sp³-hybridized carbons (Fsp3) is 0.571. The molecule has 2 heterocycles. The van der Waals surface area contributed by atoms with E-state index in [1.807, 2.05) is 6.07 Å². The number of nitrogens with two attached hydrogens (primary N) is 1. The Labute approximate surface area is 114 Å². The lowest BCUT2D eigenvalue weighted by molar-refractivity contribution is 0.140. The van der Waals surface area contributed by atoms with Crippen molar-refractivity contribution in [3.63, 3.8) is 0 Å². The zero-order chi connectivity index (χ0) is 13.5. The molecule has 0 saturated carbocycles. The second-order valence-corrected chi connectivity index (χ2v) is 7.72. The fourth-order valence-electron chi connectivity index (χ4n) is 3.41. The Morgan fingerprint density at radius 1 is 1.32 bits per heavy atom. The summed E-state index contributed by atoms with van der Waals surface area (Å²) in [5.74, 6) is 0.624. The third-order valence-electron chi connectivity index (χ3n) is 4.35. The minimum absolute atomic E-state index is 0.145. The first kappa shape index (κ1) is 13.1. The first-order chi connectivity index (χ1) is 9.11. The SMILES string of the molecule is NCC1c2ccccc2CCN1C1CCS(=O)(=O)C1. The Morgan fingerprint density at radius 3 is 2.79 bits per heavy atom. The van der Waals surface area contributed by atoms with Crippen molar-refractivity contribution in [3.8, 4) is 0 Å². The largest absolute Gasteiger partial charge is 0.329 e. The molecule has 0 amide bonds. The topological polar surface area (TPSA) is 63.4 Å². The molecule has 1 fully saturated rings. The van der Waals surface area contributed by atoms with E-state index in [1.165, 1.54) is 11.1 Å². The van der Waals surface area contributed by atoms with Crippen LogP contribution in [0.4, 0.5) is 0 Å². The van der Waals surface area contributed by atoms with Crippen LogP contribution in [-0.2, 0) is 16.3 Å². The molecule has 5 heteroatoms. The first-order valence-corrected chi connectivity index (χ1v) is 8.67. The highest BCUT2D eigenvalue weighted by Crippen LogP contribution is 2.33. The van der Waals surface area contributed by atoms with E-state index in [1.54, 1.807) is 0 Å². The quantitative estimate of drug-likeness (QED) is 0.867. The molecule has 0 aliphatic carbocycles. The van der Waals surface area contributed by atoms with Gasteiger partial charge in [0, 0.05) is 25.2 Å². The Hall–Kier alpha value is -0.910. The van der Waals surface area contributed by atoms with E-state index in [4.69, 9.17) is 5.73 Å². The van der Waals surface area contributed by atoms with Gasteiger partial charge in [-0.3, -0.25) is 4.90 Å². The highest BCUT2D eigenvalue weighted by molar-refractivity contribution is 7.91. The van der Waals surface area contributed by atoms with Gasteiger partial charge in [-0.1, -0.05) is 24.3 Å². The molecular formula is C14H20N2O2S. The normalized spacial score (nSPS) is 30.2. The summed E-state index contributed by atoms with van der Waals surface area (Å²) in [4.78, 5) is 2.31. The summed E-state index contributed by atoms with van der Waals surface area (Å²) >= 11 is 0. The van der Waals surface area contributed by atoms with E-state index in [9.17, 15) is 8.42 Å². The average Bonchev–Trinajstić information content (AvgIpc) is 2.77. The molecule has 0 spiro atoms. The maximum absolute atomic E-state index is 11.7. The van der Waals surface area contributed by atoms with E-state index in [0.717, 1.165) is 19.4 Å². The molecule has 0 aromatic heterocycles. The van der Waals surface area contributed by atoms with Crippen LogP contribution in [-0.4, -0.2) is 44.0 Å². The first-order valence-electron chi connectivity index (χ1n) is 6.85. The van der Waals surface area contributed by atoms with E-state index in [2.05, 4.69) is 23.1 Å². The number of nitrogens with zero attached hydrogens (tertiary/aromatic N) is 1. The summed E-state index contributed by atoms with van der Waals surface area (Å²) < 4.78 is 23.3. The number of sulfone groups is 1. The van der Waals surface area contributed by atoms with Gasteiger partial charge >= 0.3 is 0 Å². The summed E-state index contributed by atoms with van der Waals surface area (Å²) in [6.45, 7) is 1.46. The summed E-state index contributed by atoms with van der Waals surface area (Å²) in [7, 11) is -2.84. The smallest absolute Gasteiger partial charge is 0.151 e. The van der Waals surface area contributed by atoms with Gasteiger partial charge in [0.25, 0.3) is 0 Å². The lowest BCUT2D eigenvalue weighted by Crippen LogP contribution is -2.46. The minimum Gasteiger partial charge on any atom is -0.329 e. The zero-order valence-electron chi connectivity index (χ0n) is 11.0. The molecule has 3 rings (SSSR count). The third-order valence-corrected chi connectivity index (χ3v) is 6.10. The van der Waals surface area contributed by atoms with Crippen molar-refractivity contribution in [1.82, 2.24) is 4.90 Å². The summed E-state index contributed by atoms with van der Waals surface area (Å²) in [6, 6.07) is 8.69. The number of rotatable bonds is 2. The molecule has 2 N–H and O–H groups in total. The molecule has 0 radical (unpaired) electrons. The molecule has 19 heavy (non-hydrogen) atoms. The Balaban J connectivity index is 1.88. The lowest BCUT2D eigenvalue weighted by atomic mass is 9.91. The van der Waals surface area contributed by atoms with Crippen molar-refractivity contribution < 1.29 is 8.42 Å². The van der Waals surface area contributed by atoms with Crippen LogP contribution in [0.3, 0.4) is 0 Å². The molecule has 1 saturated heterocycles. The van der Waals surface area contributed by atoms with Gasteiger partial charge in [-0.05, 0) is 24.0 Å². The maximum atomic E-state index is 11.7. The summed E-state index contributed by atoms with van der Waals surface area (Å²) in [5.41, 5.74) is 8.59. The molecule has 2 unspecified atom stereocenters. The van der Waals surface area contributed by atoms with Crippen LogP contribution in [0.5, 0.6) is 0 Å². The summed E-state index contributed by atoms with van der Waals surface area (Å²) in [5, 5.41) is 0. The van der Waals surface area contributed by atoms with E-state index in [-0.39, 0.29) is 12.1 Å². The average molecular weight is 280 g/mol. The predicted octanol–water partition coefficient (Wildman–Crippen LogP) is 0.732. The highest BCUT2D eigenvalue weighted by Gasteiger charge is 2.37. The molecule has 2 aliphatic heterocycles. The van der Waals surface area contributed by atoms with Crippen LogP contribution in [0.25, 0.3) is 0 Å². The van der Waals surface area contributed by atoms with Crippen LogP contribution >= 0.6 is 0 Å². The van der Waals surface area contributed by atoms with Gasteiger partial charge in [-0.15, -0.1) is 0 Å². The molecule has 4 nitrogen and oxygen atoms in total. The Kier molecular flexibility index (Phi) is 3.37. The van der Waals surface area contributed by atoms with Crippen molar-refractivity contribution in [1.29, 1.82) is 0 Å². The van der Waals surface area contributed by atoms with Gasteiger partial charge in [0.15, 0.2) is 9.84 Å². The molecule has 2 atom stereocenters. The van der Waals surface area contributed by atoms with E-state index < -0.39 is 9.84 Å². The maximum Gasteiger partial charge on any atom is 0.151 e. The van der Waals surface area contributed by atoms with Crippen LogP contribution in [0, 0.1) is 0 Å². The van der Waals surface area contributed by atoms with Gasteiger partial charge in [-0.2, -0.15) is 0 Å². The van der Waals surface area contributed by atoms with Crippen molar-refractivity contribution >= 4 is 9.84 Å². The minimum atomic E-state index is -2.84. The molecular weight excluding hydrogens is 260 g/mol. The van der Waals surface area contributed by atoms with Gasteiger partial charge < -0.3 is 5.73 Å². The lowest BCUT2D eigenvalue weighted by Gasteiger charge is -2.40. The van der Waals surface area contributed by atoms with Crippen LogP contribution in [0.15, 0.2) is 24.3 Å². The summed E-state index contributed by atoms with van der Waals surface area (Å²) in [6.07, 6.45) is 1.74. The van der Waals surface area contributed by atoms with Crippen LogP contribution < -0.4 is 5.73 Å². The third kappa shape index (κ3) is 2.42. The van der Waals surface area contributed by atoms with Crippen molar-refractivity contribution in [2.24, 2.45) is 5.73 Å². The van der Waals surface area contributed by atoms with Gasteiger partial charge in [-0.25, -0.2) is 8.42 Å².